The molecule has 2 aliphatic heterocycles. The highest BCUT2D eigenvalue weighted by Gasteiger charge is 2.50. The monoisotopic (exact) mass is 437 g/mol. The number of likely N-dealkylation sites (tertiary alicyclic amines) is 2. The summed E-state index contributed by atoms with van der Waals surface area (Å²) in [5.74, 6) is -0.495. The molecule has 11 nitrogen and oxygen atoms in total. The van der Waals surface area contributed by atoms with E-state index in [0.29, 0.717) is 13.1 Å². The van der Waals surface area contributed by atoms with E-state index in [-0.39, 0.29) is 31.3 Å². The van der Waals surface area contributed by atoms with Gasteiger partial charge in [0.25, 0.3) is 0 Å². The number of aromatic nitrogens is 2. The van der Waals surface area contributed by atoms with E-state index < -0.39 is 35.2 Å². The number of nitrogens with zero attached hydrogens (tertiary/aromatic N) is 4. The number of hydrogen-bond donors (Lipinski definition) is 2. The van der Waals surface area contributed by atoms with Crippen molar-refractivity contribution in [1.29, 1.82) is 0 Å². The molecule has 1 unspecified atom stereocenters. The molecule has 2 fully saturated rings. The zero-order chi connectivity index (χ0) is 22.8. The van der Waals surface area contributed by atoms with Gasteiger partial charge in [-0.3, -0.25) is 9.59 Å². The van der Waals surface area contributed by atoms with Crippen molar-refractivity contribution in [1.82, 2.24) is 25.3 Å². The third-order valence-corrected chi connectivity index (χ3v) is 5.55. The van der Waals surface area contributed by atoms with E-state index in [1.807, 2.05) is 20.8 Å². The first kappa shape index (κ1) is 23.0. The number of amides is 3. The predicted octanol–water partition coefficient (Wildman–Crippen LogP) is 0.685. The molecule has 0 bridgehead atoms. The van der Waals surface area contributed by atoms with Gasteiger partial charge in [0.15, 0.2) is 0 Å². The molecular formula is C20H31N5O6. The predicted molar refractivity (Wildman–Crippen MR) is 107 cm³/mol. The van der Waals surface area contributed by atoms with Gasteiger partial charge in [-0.25, -0.2) is 4.79 Å². The Bertz CT molecular complexity index is 805. The lowest BCUT2D eigenvalue weighted by Crippen LogP contribution is -2.54. The summed E-state index contributed by atoms with van der Waals surface area (Å²) in [7, 11) is 0. The maximum atomic E-state index is 12.9. The van der Waals surface area contributed by atoms with Gasteiger partial charge in [-0.1, -0.05) is 0 Å². The van der Waals surface area contributed by atoms with Crippen LogP contribution >= 0.6 is 0 Å². The van der Waals surface area contributed by atoms with Crippen molar-refractivity contribution in [2.45, 2.75) is 71.2 Å². The number of piperidine rings is 1. The van der Waals surface area contributed by atoms with Gasteiger partial charge >= 0.3 is 6.09 Å². The lowest BCUT2D eigenvalue weighted by molar-refractivity contribution is -0.141. The van der Waals surface area contributed by atoms with Crippen LogP contribution in [0, 0.1) is 5.41 Å². The van der Waals surface area contributed by atoms with E-state index in [0.717, 1.165) is 19.2 Å². The van der Waals surface area contributed by atoms with E-state index in [4.69, 9.17) is 9.15 Å². The van der Waals surface area contributed by atoms with Gasteiger partial charge in [0.2, 0.25) is 24.1 Å². The minimum absolute atomic E-state index is 0.00164. The minimum Gasteiger partial charge on any atom is -0.444 e. The zero-order valence-electron chi connectivity index (χ0n) is 18.5. The number of nitrogens with one attached hydrogen (secondary N) is 1. The van der Waals surface area contributed by atoms with Crippen LogP contribution in [0.5, 0.6) is 0 Å². The molecule has 2 saturated heterocycles. The van der Waals surface area contributed by atoms with Crippen molar-refractivity contribution in [2.75, 3.05) is 19.6 Å². The Balaban J connectivity index is 1.69. The Morgan fingerprint density at radius 1 is 1.39 bits per heavy atom. The summed E-state index contributed by atoms with van der Waals surface area (Å²) in [6, 6.07) is -1.05. The van der Waals surface area contributed by atoms with E-state index >= 15 is 0 Å². The van der Waals surface area contributed by atoms with Gasteiger partial charge in [0.1, 0.15) is 11.6 Å². The van der Waals surface area contributed by atoms with Crippen molar-refractivity contribution in [3.8, 4) is 0 Å². The SMILES string of the molecule is C[C@@H](O)[C@@H](C(=O)NCc1nnco1)N1CC2(CCCN(C(=O)OC(C)(C)C)C2)CC1=O. The Labute approximate surface area is 181 Å². The number of rotatable bonds is 5. The molecule has 2 aliphatic rings. The summed E-state index contributed by atoms with van der Waals surface area (Å²) in [5.41, 5.74) is -1.07. The van der Waals surface area contributed by atoms with E-state index in [9.17, 15) is 19.5 Å². The van der Waals surface area contributed by atoms with Crippen molar-refractivity contribution in [3.05, 3.63) is 12.3 Å². The molecule has 0 radical (unpaired) electrons. The quantitative estimate of drug-likeness (QED) is 0.686. The van der Waals surface area contributed by atoms with E-state index in [2.05, 4.69) is 15.5 Å². The molecule has 3 amide bonds. The summed E-state index contributed by atoms with van der Waals surface area (Å²) in [5, 5.41) is 20.2. The number of carbonyl (C=O) groups is 3. The van der Waals surface area contributed by atoms with Gasteiger partial charge < -0.3 is 29.4 Å². The van der Waals surface area contributed by atoms with Gasteiger partial charge in [0.05, 0.1) is 12.6 Å². The summed E-state index contributed by atoms with van der Waals surface area (Å²) < 4.78 is 10.5. The Hall–Kier alpha value is -2.69. The first-order chi connectivity index (χ1) is 14.5. The van der Waals surface area contributed by atoms with Crippen LogP contribution in [0.15, 0.2) is 10.8 Å². The summed E-state index contributed by atoms with van der Waals surface area (Å²) >= 11 is 0. The van der Waals surface area contributed by atoms with E-state index in [1.54, 1.807) is 4.90 Å². The molecule has 1 spiro atoms. The normalized spacial score (nSPS) is 23.7. The highest BCUT2D eigenvalue weighted by Crippen LogP contribution is 2.41. The first-order valence-electron chi connectivity index (χ1n) is 10.5. The molecule has 2 N–H and O–H groups in total. The smallest absolute Gasteiger partial charge is 0.410 e. The number of carbonyl (C=O) groups excluding carboxylic acids is 3. The number of aliphatic hydroxyl groups excluding tert-OH is 1. The average molecular weight is 437 g/mol. The van der Waals surface area contributed by atoms with Crippen LogP contribution in [-0.4, -0.2) is 80.4 Å². The van der Waals surface area contributed by atoms with Gasteiger partial charge in [-0.15, -0.1) is 10.2 Å². The van der Waals surface area contributed by atoms with Crippen LogP contribution < -0.4 is 5.32 Å². The molecule has 31 heavy (non-hydrogen) atoms. The fourth-order valence-corrected chi connectivity index (χ4v) is 4.31. The second kappa shape index (κ2) is 8.81. The van der Waals surface area contributed by atoms with Crippen LogP contribution in [-0.2, 0) is 20.9 Å². The molecule has 1 aromatic heterocycles. The molecule has 3 atom stereocenters. The third kappa shape index (κ3) is 5.52. The maximum Gasteiger partial charge on any atom is 0.410 e. The molecule has 172 valence electrons. The van der Waals surface area contributed by atoms with Gasteiger partial charge in [0, 0.05) is 31.5 Å². The number of aliphatic hydroxyl groups is 1. The second-order valence-corrected chi connectivity index (χ2v) is 9.44. The highest BCUT2D eigenvalue weighted by atomic mass is 16.6. The largest absolute Gasteiger partial charge is 0.444 e. The standard InChI is InChI=1S/C20H31N5O6/c1-13(26)16(17(28)21-9-14-23-22-12-30-14)25-11-20(8-15(25)27)6-5-7-24(10-20)18(29)31-19(2,3)4/h12-13,16,26H,5-11H2,1-4H3,(H,21,28)/t13-,16+,20?/m1/s1. The molecule has 3 heterocycles. The van der Waals surface area contributed by atoms with Crippen molar-refractivity contribution in [3.63, 3.8) is 0 Å². The van der Waals surface area contributed by atoms with Gasteiger partial charge in [-0.05, 0) is 40.5 Å². The van der Waals surface area contributed by atoms with Crippen LogP contribution in [0.3, 0.4) is 0 Å². The lowest BCUT2D eigenvalue weighted by atomic mass is 9.79. The summed E-state index contributed by atoms with van der Waals surface area (Å²) in [6.07, 6.45) is 1.38. The van der Waals surface area contributed by atoms with Crippen molar-refractivity contribution < 1.29 is 28.6 Å². The second-order valence-electron chi connectivity index (χ2n) is 9.44. The molecule has 0 saturated carbocycles. The first-order valence-corrected chi connectivity index (χ1v) is 10.5. The van der Waals surface area contributed by atoms with Crippen molar-refractivity contribution in [2.24, 2.45) is 5.41 Å². The fraction of sp³-hybridized carbons (Fsp3) is 0.750. The van der Waals surface area contributed by atoms with E-state index in [1.165, 1.54) is 11.8 Å². The van der Waals surface area contributed by atoms with Crippen LogP contribution in [0.25, 0.3) is 0 Å². The molecule has 3 rings (SSSR count). The number of hydrogen-bond acceptors (Lipinski definition) is 8. The Kier molecular flexibility index (Phi) is 6.54. The molecule has 0 aliphatic carbocycles. The minimum atomic E-state index is -1.08. The molecule has 11 heteroatoms. The maximum absolute atomic E-state index is 12.9. The highest BCUT2D eigenvalue weighted by molar-refractivity contribution is 5.89. The van der Waals surface area contributed by atoms with Crippen LogP contribution in [0.4, 0.5) is 4.79 Å². The summed E-state index contributed by atoms with van der Waals surface area (Å²) in [4.78, 5) is 41.3. The fourth-order valence-electron chi connectivity index (χ4n) is 4.31. The average Bonchev–Trinajstić information content (AvgIpc) is 3.27. The molecule has 0 aromatic carbocycles. The van der Waals surface area contributed by atoms with Crippen LogP contribution in [0.2, 0.25) is 0 Å². The topological polar surface area (TPSA) is 138 Å². The third-order valence-electron chi connectivity index (χ3n) is 5.55. The van der Waals surface area contributed by atoms with Crippen LogP contribution in [0.1, 0.15) is 52.8 Å². The van der Waals surface area contributed by atoms with Gasteiger partial charge in [-0.2, -0.15) is 0 Å². The Morgan fingerprint density at radius 3 is 2.74 bits per heavy atom. The summed E-state index contributed by atoms with van der Waals surface area (Å²) in [6.45, 7) is 8.14. The molecular weight excluding hydrogens is 406 g/mol. The Morgan fingerprint density at radius 2 is 2.13 bits per heavy atom. The lowest BCUT2D eigenvalue weighted by Gasteiger charge is -2.40. The number of ether oxygens (including phenoxy) is 1. The molecule has 1 aromatic rings. The van der Waals surface area contributed by atoms with Crippen molar-refractivity contribution >= 4 is 17.9 Å². The zero-order valence-corrected chi connectivity index (χ0v) is 18.5.